The van der Waals surface area contributed by atoms with E-state index in [2.05, 4.69) is 0 Å². The van der Waals surface area contributed by atoms with Gasteiger partial charge in [-0.15, -0.1) is 0 Å². The number of halogens is 3. The van der Waals surface area contributed by atoms with E-state index in [1.807, 2.05) is 0 Å². The summed E-state index contributed by atoms with van der Waals surface area (Å²) >= 11 is 0. The van der Waals surface area contributed by atoms with Gasteiger partial charge in [0.1, 0.15) is 5.75 Å². The molecular formula is C13H15F3N2O7. The van der Waals surface area contributed by atoms with E-state index in [9.17, 15) is 33.2 Å². The molecule has 0 radical (unpaired) electrons. The van der Waals surface area contributed by atoms with Gasteiger partial charge in [0.2, 0.25) is 0 Å². The molecule has 0 saturated heterocycles. The fourth-order valence-corrected chi connectivity index (χ4v) is 1.53. The number of carboxylic acid groups (broad SMARTS) is 2. The maximum atomic E-state index is 10.8. The number of alkyl halides is 3. The lowest BCUT2D eigenvalue weighted by Crippen LogP contribution is -2.21. The van der Waals surface area contributed by atoms with Crippen LogP contribution in [-0.2, 0) is 16.1 Å². The number of nitro benzene ring substituents is 1. The van der Waals surface area contributed by atoms with E-state index in [0.29, 0.717) is 5.56 Å². The van der Waals surface area contributed by atoms with Crippen LogP contribution in [0.1, 0.15) is 12.0 Å². The highest BCUT2D eigenvalue weighted by Crippen LogP contribution is 2.24. The van der Waals surface area contributed by atoms with E-state index in [4.69, 9.17) is 15.0 Å². The Bertz CT molecular complexity index is 635. The third-order valence-corrected chi connectivity index (χ3v) is 2.65. The van der Waals surface area contributed by atoms with Crippen LogP contribution in [0.5, 0.6) is 5.75 Å². The molecular weight excluding hydrogens is 353 g/mol. The lowest BCUT2D eigenvalue weighted by atomic mass is 10.1. The second-order valence-electron chi connectivity index (χ2n) is 4.75. The van der Waals surface area contributed by atoms with Crippen LogP contribution in [-0.4, -0.2) is 56.9 Å². The molecule has 1 aromatic rings. The van der Waals surface area contributed by atoms with Crippen LogP contribution in [0.4, 0.5) is 18.9 Å². The highest BCUT2D eigenvalue weighted by Gasteiger charge is 2.38. The lowest BCUT2D eigenvalue weighted by molar-refractivity contribution is -0.385. The molecule has 0 aliphatic carbocycles. The molecule has 0 aromatic heterocycles. The van der Waals surface area contributed by atoms with Crippen molar-refractivity contribution in [1.82, 2.24) is 4.90 Å². The third kappa shape index (κ3) is 9.10. The Kier molecular flexibility index (Phi) is 8.33. The minimum atomic E-state index is -5.08. The van der Waals surface area contributed by atoms with Gasteiger partial charge in [-0.25, -0.2) is 4.79 Å². The van der Waals surface area contributed by atoms with Crippen LogP contribution < -0.4 is 0 Å². The number of rotatable bonds is 6. The number of nitrogens with zero attached hydrogens (tertiary/aromatic N) is 2. The van der Waals surface area contributed by atoms with Gasteiger partial charge in [-0.2, -0.15) is 13.2 Å². The molecule has 0 heterocycles. The van der Waals surface area contributed by atoms with Crippen molar-refractivity contribution in [1.29, 1.82) is 0 Å². The Balaban J connectivity index is 0.000000697. The number of hydrogen-bond acceptors (Lipinski definition) is 6. The second-order valence-corrected chi connectivity index (χ2v) is 4.75. The number of aromatic hydroxyl groups is 1. The molecule has 9 nitrogen and oxygen atoms in total. The summed E-state index contributed by atoms with van der Waals surface area (Å²) in [5.74, 6) is -3.73. The molecule has 0 aliphatic heterocycles. The average Bonchev–Trinajstić information content (AvgIpc) is 2.44. The molecule has 3 N–H and O–H groups in total. The molecule has 0 aliphatic rings. The summed E-state index contributed by atoms with van der Waals surface area (Å²) in [6.45, 7) is 0.486. The van der Waals surface area contributed by atoms with Gasteiger partial charge in [-0.1, -0.05) is 0 Å². The molecule has 0 unspecified atom stereocenters. The fourth-order valence-electron chi connectivity index (χ4n) is 1.53. The molecule has 0 amide bonds. The van der Waals surface area contributed by atoms with E-state index >= 15 is 0 Å². The number of benzene rings is 1. The Hall–Kier alpha value is -2.89. The van der Waals surface area contributed by atoms with Crippen molar-refractivity contribution < 1.29 is 43.0 Å². The van der Waals surface area contributed by atoms with Crippen LogP contribution in [0.3, 0.4) is 0 Å². The minimum absolute atomic E-state index is 0.0386. The number of phenolic OH excluding ortho intramolecular Hbond substituents is 1. The Morgan fingerprint density at radius 3 is 2.20 bits per heavy atom. The maximum Gasteiger partial charge on any atom is 0.490 e. The van der Waals surface area contributed by atoms with E-state index in [1.54, 1.807) is 11.9 Å². The number of aliphatic carboxylic acids is 2. The zero-order chi connectivity index (χ0) is 19.8. The van der Waals surface area contributed by atoms with Crippen LogP contribution in [0.15, 0.2) is 18.2 Å². The maximum absolute atomic E-state index is 10.8. The summed E-state index contributed by atoms with van der Waals surface area (Å²) in [4.78, 5) is 31.2. The Morgan fingerprint density at radius 1 is 1.28 bits per heavy atom. The molecule has 0 atom stereocenters. The smallest absolute Gasteiger partial charge is 0.490 e. The molecule has 0 spiro atoms. The number of carboxylic acids is 2. The highest BCUT2D eigenvalue weighted by molar-refractivity contribution is 5.73. The van der Waals surface area contributed by atoms with E-state index in [1.165, 1.54) is 18.2 Å². The van der Waals surface area contributed by atoms with Gasteiger partial charge in [0, 0.05) is 24.7 Å². The first-order valence-corrected chi connectivity index (χ1v) is 6.51. The minimum Gasteiger partial charge on any atom is -0.508 e. The van der Waals surface area contributed by atoms with Crippen molar-refractivity contribution in [3.8, 4) is 5.75 Å². The van der Waals surface area contributed by atoms with Crippen LogP contribution in [0, 0.1) is 10.1 Å². The molecule has 12 heteroatoms. The van der Waals surface area contributed by atoms with E-state index in [-0.39, 0.29) is 30.9 Å². The second kappa shape index (κ2) is 9.42. The summed E-state index contributed by atoms with van der Waals surface area (Å²) in [6.07, 6.45) is -5.12. The normalized spacial score (nSPS) is 10.8. The van der Waals surface area contributed by atoms with Gasteiger partial charge >= 0.3 is 18.1 Å². The van der Waals surface area contributed by atoms with Crippen molar-refractivity contribution >= 4 is 17.6 Å². The van der Waals surface area contributed by atoms with E-state index in [0.717, 1.165) is 0 Å². The molecule has 1 rings (SSSR count). The van der Waals surface area contributed by atoms with Crippen molar-refractivity contribution in [3.63, 3.8) is 0 Å². The van der Waals surface area contributed by atoms with Crippen molar-refractivity contribution in [2.24, 2.45) is 0 Å². The van der Waals surface area contributed by atoms with Crippen molar-refractivity contribution in [2.45, 2.75) is 19.1 Å². The number of phenols is 1. The summed E-state index contributed by atoms with van der Waals surface area (Å²) in [6, 6.07) is 3.80. The first kappa shape index (κ1) is 22.1. The average molecular weight is 368 g/mol. The number of carbonyl (C=O) groups is 2. The molecule has 25 heavy (non-hydrogen) atoms. The quantitative estimate of drug-likeness (QED) is 0.510. The van der Waals surface area contributed by atoms with Gasteiger partial charge in [-0.05, 0) is 19.2 Å². The standard InChI is InChI=1S/C11H14N2O5.C2HF3O2/c1-12(5-4-11(15)16)7-8-6-9(14)2-3-10(8)13(17)18;3-2(4,5)1(6)7/h2-3,6,14H,4-5,7H2,1H3,(H,15,16);(H,6,7). The molecule has 1 aromatic carbocycles. The summed E-state index contributed by atoms with van der Waals surface area (Å²) in [5.41, 5.74) is 0.267. The van der Waals surface area contributed by atoms with Crippen LogP contribution in [0.2, 0.25) is 0 Å². The predicted octanol–water partition coefficient (Wildman–Crippen LogP) is 1.84. The molecule has 0 saturated carbocycles. The Morgan fingerprint density at radius 2 is 1.80 bits per heavy atom. The number of hydrogen-bond donors (Lipinski definition) is 3. The lowest BCUT2D eigenvalue weighted by Gasteiger charge is -2.15. The Labute approximate surface area is 139 Å². The third-order valence-electron chi connectivity index (χ3n) is 2.65. The molecule has 0 bridgehead atoms. The van der Waals surface area contributed by atoms with Gasteiger partial charge in [0.15, 0.2) is 0 Å². The SMILES string of the molecule is CN(CCC(=O)O)Cc1cc(O)ccc1[N+](=O)[O-].O=C(O)C(F)(F)F. The highest BCUT2D eigenvalue weighted by atomic mass is 19.4. The zero-order valence-electron chi connectivity index (χ0n) is 12.9. The summed E-state index contributed by atoms with van der Waals surface area (Å²) in [7, 11) is 1.66. The first-order valence-electron chi connectivity index (χ1n) is 6.51. The van der Waals surface area contributed by atoms with Crippen LogP contribution in [0.25, 0.3) is 0 Å². The predicted molar refractivity (Wildman–Crippen MR) is 77.0 cm³/mol. The fraction of sp³-hybridized carbons (Fsp3) is 0.385. The zero-order valence-corrected chi connectivity index (χ0v) is 12.9. The van der Waals surface area contributed by atoms with Gasteiger partial charge in [-0.3, -0.25) is 14.9 Å². The monoisotopic (exact) mass is 368 g/mol. The largest absolute Gasteiger partial charge is 0.508 e. The number of nitro groups is 1. The van der Waals surface area contributed by atoms with Crippen LogP contribution >= 0.6 is 0 Å². The first-order chi connectivity index (χ1) is 11.3. The van der Waals surface area contributed by atoms with E-state index < -0.39 is 23.0 Å². The molecule has 0 fully saturated rings. The van der Waals surface area contributed by atoms with Crippen molar-refractivity contribution in [2.75, 3.05) is 13.6 Å². The molecule has 140 valence electrons. The topological polar surface area (TPSA) is 141 Å². The van der Waals surface area contributed by atoms with Gasteiger partial charge in [0.25, 0.3) is 5.69 Å². The van der Waals surface area contributed by atoms with Crippen molar-refractivity contribution in [3.05, 3.63) is 33.9 Å². The summed E-state index contributed by atoms with van der Waals surface area (Å²) < 4.78 is 31.7. The van der Waals surface area contributed by atoms with Gasteiger partial charge in [0.05, 0.1) is 11.3 Å². The van der Waals surface area contributed by atoms with Gasteiger partial charge < -0.3 is 20.2 Å². The summed E-state index contributed by atoms with van der Waals surface area (Å²) in [5, 5.41) is 35.8.